The van der Waals surface area contributed by atoms with Crippen LogP contribution in [0.2, 0.25) is 5.02 Å². The number of benzene rings is 1. The number of ether oxygens (including phenoxy) is 4. The first-order valence-electron chi connectivity index (χ1n) is 10.7. The van der Waals surface area contributed by atoms with Gasteiger partial charge in [0.15, 0.2) is 5.78 Å². The number of halogens is 1. The number of carbonyl (C=O) groups is 3. The highest BCUT2D eigenvalue weighted by Gasteiger charge is 2.60. The van der Waals surface area contributed by atoms with Gasteiger partial charge >= 0.3 is 11.9 Å². The molecule has 0 N–H and O–H groups in total. The highest BCUT2D eigenvalue weighted by atomic mass is 35.5. The number of Topliss-reactive ketones (excluding diaryl/α,β-unsaturated/α-hetero) is 1. The number of ketones is 1. The van der Waals surface area contributed by atoms with E-state index in [4.69, 9.17) is 30.5 Å². The van der Waals surface area contributed by atoms with Crippen molar-refractivity contribution in [2.24, 2.45) is 17.8 Å². The minimum atomic E-state index is -0.587. The smallest absolute Gasteiger partial charge is 0.334 e. The lowest BCUT2D eigenvalue weighted by Gasteiger charge is -2.11. The maximum atomic E-state index is 13.3. The first-order valence-corrected chi connectivity index (χ1v) is 11.1. The van der Waals surface area contributed by atoms with Crippen LogP contribution >= 0.6 is 11.6 Å². The van der Waals surface area contributed by atoms with Crippen molar-refractivity contribution in [3.05, 3.63) is 58.5 Å². The molecule has 0 amide bonds. The molecule has 0 heterocycles. The molecule has 7 nitrogen and oxygen atoms in total. The van der Waals surface area contributed by atoms with Gasteiger partial charge in [0.1, 0.15) is 11.5 Å². The molecule has 32 heavy (non-hydrogen) atoms. The Morgan fingerprint density at radius 3 is 1.50 bits per heavy atom. The molecule has 0 radical (unpaired) electrons. The zero-order valence-corrected chi connectivity index (χ0v) is 19.5. The van der Waals surface area contributed by atoms with E-state index in [1.807, 2.05) is 0 Å². The van der Waals surface area contributed by atoms with Crippen LogP contribution in [0.4, 0.5) is 0 Å². The maximum Gasteiger partial charge on any atom is 0.334 e. The van der Waals surface area contributed by atoms with Crippen molar-refractivity contribution in [1.82, 2.24) is 0 Å². The number of esters is 2. The molecule has 1 unspecified atom stereocenters. The van der Waals surface area contributed by atoms with Gasteiger partial charge in [-0.25, -0.2) is 9.59 Å². The fourth-order valence-electron chi connectivity index (χ4n) is 3.55. The summed E-state index contributed by atoms with van der Waals surface area (Å²) in [5, 5.41) is 0.514. The first-order chi connectivity index (χ1) is 15.4. The maximum absolute atomic E-state index is 13.3. The quantitative estimate of drug-likeness (QED) is 0.196. The topological polar surface area (TPSA) is 88.1 Å². The Bertz CT molecular complexity index is 829. The lowest BCUT2D eigenvalue weighted by atomic mass is 10.0. The van der Waals surface area contributed by atoms with Crippen molar-refractivity contribution in [2.75, 3.05) is 26.4 Å². The molecule has 0 saturated heterocycles. The highest BCUT2D eigenvalue weighted by Crippen LogP contribution is 2.57. The molecule has 3 atom stereocenters. The Morgan fingerprint density at radius 2 is 1.12 bits per heavy atom. The van der Waals surface area contributed by atoms with Crippen molar-refractivity contribution in [2.45, 2.75) is 27.7 Å². The lowest BCUT2D eigenvalue weighted by molar-refractivity contribution is -0.138. The largest absolute Gasteiger partial charge is 0.498 e. The number of rotatable bonds is 12. The molecule has 1 aliphatic rings. The second kappa shape index (κ2) is 12.3. The van der Waals surface area contributed by atoms with Crippen LogP contribution in [-0.4, -0.2) is 44.1 Å². The lowest BCUT2D eigenvalue weighted by Crippen LogP contribution is -2.08. The Morgan fingerprint density at radius 1 is 0.719 bits per heavy atom. The third-order valence-corrected chi connectivity index (χ3v) is 5.08. The molecular formula is C24H29ClO7. The van der Waals surface area contributed by atoms with Gasteiger partial charge in [0.2, 0.25) is 0 Å². The van der Waals surface area contributed by atoms with Crippen LogP contribution < -0.4 is 0 Å². The zero-order chi connectivity index (χ0) is 23.7. The summed E-state index contributed by atoms with van der Waals surface area (Å²) in [4.78, 5) is 37.6. The van der Waals surface area contributed by atoms with E-state index in [-0.39, 0.29) is 19.0 Å². The SMILES string of the molecule is CCOC(=O)C=C(OCC)[C@@H]1C(C(=O)c2ccc(Cl)cc2)[C@@H]1C(=CC(=O)OCC)OCC. The van der Waals surface area contributed by atoms with Gasteiger partial charge in [0, 0.05) is 28.3 Å². The molecule has 1 aliphatic carbocycles. The van der Waals surface area contributed by atoms with E-state index in [1.54, 1.807) is 52.0 Å². The van der Waals surface area contributed by atoms with Gasteiger partial charge in [-0.15, -0.1) is 0 Å². The molecule has 1 aromatic rings. The van der Waals surface area contributed by atoms with Crippen LogP contribution in [-0.2, 0) is 28.5 Å². The van der Waals surface area contributed by atoms with Crippen molar-refractivity contribution >= 4 is 29.3 Å². The summed E-state index contributed by atoms with van der Waals surface area (Å²) in [7, 11) is 0. The summed E-state index contributed by atoms with van der Waals surface area (Å²) in [6.45, 7) is 7.98. The predicted octanol–water partition coefficient (Wildman–Crippen LogP) is 4.35. The fourth-order valence-corrected chi connectivity index (χ4v) is 3.68. The zero-order valence-electron chi connectivity index (χ0n) is 18.8. The van der Waals surface area contributed by atoms with E-state index in [0.717, 1.165) is 0 Å². The highest BCUT2D eigenvalue weighted by molar-refractivity contribution is 6.30. The van der Waals surface area contributed by atoms with Gasteiger partial charge in [0.05, 0.1) is 38.6 Å². The molecule has 0 aliphatic heterocycles. The summed E-state index contributed by atoms with van der Waals surface area (Å²) in [5.41, 5.74) is 0.464. The van der Waals surface area contributed by atoms with E-state index in [9.17, 15) is 14.4 Å². The average molecular weight is 465 g/mol. The summed E-state index contributed by atoms with van der Waals surface area (Å²) in [5.74, 6) is -2.23. The Balaban J connectivity index is 2.47. The molecule has 2 rings (SSSR count). The molecule has 8 heteroatoms. The Hall–Kier alpha value is -2.80. The molecule has 1 aromatic carbocycles. The third-order valence-electron chi connectivity index (χ3n) is 4.82. The standard InChI is InChI=1S/C24H29ClO7/c1-5-29-17(13-19(26)31-7-3)21-22(18(30-6-2)14-20(27)32-8-4)23(21)24(28)15-9-11-16(25)12-10-15/h9-14,21-23H,5-8H2,1-4H3/t21-,22+,23?. The van der Waals surface area contributed by atoms with Crippen molar-refractivity contribution < 1.29 is 33.3 Å². The molecule has 1 fully saturated rings. The van der Waals surface area contributed by atoms with Crippen LogP contribution in [0.25, 0.3) is 0 Å². The van der Waals surface area contributed by atoms with Gasteiger partial charge in [-0.3, -0.25) is 4.79 Å². The van der Waals surface area contributed by atoms with Gasteiger partial charge < -0.3 is 18.9 Å². The minimum absolute atomic E-state index is 0.166. The molecule has 174 valence electrons. The normalized spacial score (nSPS) is 20.3. The van der Waals surface area contributed by atoms with E-state index < -0.39 is 29.7 Å². The number of hydrogen-bond acceptors (Lipinski definition) is 7. The van der Waals surface area contributed by atoms with Crippen molar-refractivity contribution in [3.8, 4) is 0 Å². The first kappa shape index (κ1) is 25.5. The van der Waals surface area contributed by atoms with Crippen LogP contribution in [0.5, 0.6) is 0 Å². The molecule has 1 saturated carbocycles. The van der Waals surface area contributed by atoms with Gasteiger partial charge in [0.25, 0.3) is 0 Å². The average Bonchev–Trinajstić information content (AvgIpc) is 3.49. The van der Waals surface area contributed by atoms with Crippen LogP contribution in [0.1, 0.15) is 38.1 Å². The second-order valence-electron chi connectivity index (χ2n) is 6.91. The molecular weight excluding hydrogens is 436 g/mol. The van der Waals surface area contributed by atoms with Gasteiger partial charge in [-0.05, 0) is 52.0 Å². The van der Waals surface area contributed by atoms with Crippen LogP contribution in [0, 0.1) is 17.8 Å². The molecule has 0 spiro atoms. The summed E-state index contributed by atoms with van der Waals surface area (Å²) in [6.07, 6.45) is 2.52. The van der Waals surface area contributed by atoms with E-state index in [1.165, 1.54) is 12.2 Å². The Labute approximate surface area is 193 Å². The van der Waals surface area contributed by atoms with E-state index in [0.29, 0.717) is 35.3 Å². The van der Waals surface area contributed by atoms with E-state index >= 15 is 0 Å². The van der Waals surface area contributed by atoms with Gasteiger partial charge in [-0.2, -0.15) is 0 Å². The monoisotopic (exact) mass is 464 g/mol. The van der Waals surface area contributed by atoms with Crippen molar-refractivity contribution in [3.63, 3.8) is 0 Å². The van der Waals surface area contributed by atoms with E-state index in [2.05, 4.69) is 0 Å². The fraction of sp³-hybridized carbons (Fsp3) is 0.458. The Kier molecular flexibility index (Phi) is 9.78. The van der Waals surface area contributed by atoms with Crippen LogP contribution in [0.3, 0.4) is 0 Å². The minimum Gasteiger partial charge on any atom is -0.498 e. The number of carbonyl (C=O) groups excluding carboxylic acids is 3. The third kappa shape index (κ3) is 6.60. The number of allylic oxidation sites excluding steroid dienone is 2. The van der Waals surface area contributed by atoms with Crippen molar-refractivity contribution in [1.29, 1.82) is 0 Å². The summed E-state index contributed by atoms with van der Waals surface area (Å²) in [6, 6.07) is 6.55. The molecule has 0 bridgehead atoms. The predicted molar refractivity (Wildman–Crippen MR) is 119 cm³/mol. The number of hydrogen-bond donors (Lipinski definition) is 0. The van der Waals surface area contributed by atoms with Gasteiger partial charge in [-0.1, -0.05) is 11.6 Å². The summed E-state index contributed by atoms with van der Waals surface area (Å²) >= 11 is 5.95. The van der Waals surface area contributed by atoms with Crippen LogP contribution in [0.15, 0.2) is 47.9 Å². The second-order valence-corrected chi connectivity index (χ2v) is 7.35. The molecule has 0 aromatic heterocycles. The summed E-state index contributed by atoms with van der Waals surface area (Å²) < 4.78 is 21.5.